The number of nitrogens with two attached hydrogens (primary N) is 1. The second kappa shape index (κ2) is 4.80. The molecule has 3 N–H and O–H groups in total. The number of rotatable bonds is 2. The van der Waals surface area contributed by atoms with Crippen molar-refractivity contribution in [2.24, 2.45) is 11.7 Å². The highest BCUT2D eigenvalue weighted by Gasteiger charge is 2.25. The number of nitrogens with zero attached hydrogens (tertiary/aromatic N) is 2. The summed E-state index contributed by atoms with van der Waals surface area (Å²) in [5.41, 5.74) is 7.95. The molecule has 2 heterocycles. The third kappa shape index (κ3) is 2.18. The summed E-state index contributed by atoms with van der Waals surface area (Å²) < 4.78 is 0. The minimum atomic E-state index is -0.172. The van der Waals surface area contributed by atoms with Crippen LogP contribution < -0.4 is 10.6 Å². The van der Waals surface area contributed by atoms with Crippen LogP contribution in [0.4, 0.5) is 5.69 Å². The molecule has 88 valence electrons. The van der Waals surface area contributed by atoms with E-state index in [4.69, 9.17) is 5.73 Å². The molecule has 2 atom stereocenters. The summed E-state index contributed by atoms with van der Waals surface area (Å²) in [4.78, 5) is 6.42. The summed E-state index contributed by atoms with van der Waals surface area (Å²) >= 11 is 0. The summed E-state index contributed by atoms with van der Waals surface area (Å²) in [6.45, 7) is 4.37. The normalized spacial score (nSPS) is 25.8. The van der Waals surface area contributed by atoms with Gasteiger partial charge in [-0.3, -0.25) is 4.98 Å². The van der Waals surface area contributed by atoms with Gasteiger partial charge in [0.05, 0.1) is 18.0 Å². The Balaban J connectivity index is 2.18. The van der Waals surface area contributed by atoms with Crippen LogP contribution in [0.15, 0.2) is 18.5 Å². The van der Waals surface area contributed by atoms with Crippen molar-refractivity contribution in [3.63, 3.8) is 0 Å². The second-order valence-electron chi connectivity index (χ2n) is 4.49. The molecule has 0 amide bonds. The van der Waals surface area contributed by atoms with Crippen molar-refractivity contribution in [3.05, 3.63) is 24.0 Å². The minimum Gasteiger partial charge on any atom is -0.393 e. The fraction of sp³-hybridized carbons (Fsp3) is 0.583. The zero-order valence-corrected chi connectivity index (χ0v) is 9.63. The Labute approximate surface area is 96.1 Å². The molecule has 2 rings (SSSR count). The highest BCUT2D eigenvalue weighted by molar-refractivity contribution is 5.52. The molecule has 1 saturated heterocycles. The van der Waals surface area contributed by atoms with E-state index in [0.29, 0.717) is 12.5 Å². The van der Waals surface area contributed by atoms with Crippen LogP contribution in [0.2, 0.25) is 0 Å². The molecule has 16 heavy (non-hydrogen) atoms. The van der Waals surface area contributed by atoms with Gasteiger partial charge in [-0.15, -0.1) is 0 Å². The van der Waals surface area contributed by atoms with Crippen molar-refractivity contribution in [1.29, 1.82) is 0 Å². The predicted molar refractivity (Wildman–Crippen MR) is 64.1 cm³/mol. The maximum Gasteiger partial charge on any atom is 0.0599 e. The molecule has 4 nitrogen and oxygen atoms in total. The molecule has 0 bridgehead atoms. The number of pyridine rings is 1. The van der Waals surface area contributed by atoms with Crippen molar-refractivity contribution in [1.82, 2.24) is 4.98 Å². The van der Waals surface area contributed by atoms with Gasteiger partial charge in [0.1, 0.15) is 0 Å². The molecule has 1 aromatic rings. The lowest BCUT2D eigenvalue weighted by atomic mass is 9.96. The molecule has 2 unspecified atom stereocenters. The molecule has 1 aromatic heterocycles. The van der Waals surface area contributed by atoms with Gasteiger partial charge in [-0.05, 0) is 24.0 Å². The Morgan fingerprint density at radius 3 is 3.12 bits per heavy atom. The van der Waals surface area contributed by atoms with Crippen LogP contribution in [-0.4, -0.2) is 29.3 Å². The van der Waals surface area contributed by atoms with E-state index < -0.39 is 0 Å². The van der Waals surface area contributed by atoms with Crippen LogP contribution in [0.1, 0.15) is 18.9 Å². The molecule has 1 fully saturated rings. The lowest BCUT2D eigenvalue weighted by molar-refractivity contribution is 0.0970. The number of anilines is 1. The number of piperidine rings is 1. The number of hydrogen-bond acceptors (Lipinski definition) is 4. The maximum absolute atomic E-state index is 9.70. The van der Waals surface area contributed by atoms with Crippen molar-refractivity contribution in [2.45, 2.75) is 26.0 Å². The molecule has 0 radical (unpaired) electrons. The zero-order valence-electron chi connectivity index (χ0n) is 9.63. The highest BCUT2D eigenvalue weighted by Crippen LogP contribution is 2.25. The molecular weight excluding hydrogens is 202 g/mol. The number of aliphatic hydroxyl groups excluding tert-OH is 1. The van der Waals surface area contributed by atoms with E-state index in [2.05, 4.69) is 16.8 Å². The highest BCUT2D eigenvalue weighted by atomic mass is 16.3. The van der Waals surface area contributed by atoms with E-state index in [-0.39, 0.29) is 6.10 Å². The Kier molecular flexibility index (Phi) is 3.41. The van der Waals surface area contributed by atoms with Crippen LogP contribution in [-0.2, 0) is 6.54 Å². The number of aliphatic hydroxyl groups is 1. The Morgan fingerprint density at radius 1 is 1.62 bits per heavy atom. The lowest BCUT2D eigenvalue weighted by Gasteiger charge is -2.36. The van der Waals surface area contributed by atoms with E-state index in [1.807, 2.05) is 12.3 Å². The van der Waals surface area contributed by atoms with E-state index in [1.54, 1.807) is 6.20 Å². The first kappa shape index (κ1) is 11.4. The average molecular weight is 221 g/mol. The first-order valence-corrected chi connectivity index (χ1v) is 5.78. The summed E-state index contributed by atoms with van der Waals surface area (Å²) in [5.74, 6) is 0.305. The molecule has 0 aromatic carbocycles. The predicted octanol–water partition coefficient (Wildman–Crippen LogP) is 0.747. The van der Waals surface area contributed by atoms with E-state index in [1.165, 1.54) is 0 Å². The molecule has 0 spiro atoms. The second-order valence-corrected chi connectivity index (χ2v) is 4.49. The fourth-order valence-corrected chi connectivity index (χ4v) is 2.22. The van der Waals surface area contributed by atoms with Gasteiger partial charge < -0.3 is 15.7 Å². The first-order chi connectivity index (χ1) is 7.72. The van der Waals surface area contributed by atoms with Gasteiger partial charge in [-0.2, -0.15) is 0 Å². The Hall–Kier alpha value is -1.13. The quantitative estimate of drug-likeness (QED) is 0.773. The van der Waals surface area contributed by atoms with Gasteiger partial charge in [-0.1, -0.05) is 6.92 Å². The number of aromatic nitrogens is 1. The first-order valence-electron chi connectivity index (χ1n) is 5.78. The summed E-state index contributed by atoms with van der Waals surface area (Å²) in [5, 5.41) is 9.70. The van der Waals surface area contributed by atoms with Crippen LogP contribution in [0, 0.1) is 5.92 Å². The summed E-state index contributed by atoms with van der Waals surface area (Å²) in [7, 11) is 0. The van der Waals surface area contributed by atoms with Crippen molar-refractivity contribution < 1.29 is 5.11 Å². The topological polar surface area (TPSA) is 62.4 Å². The summed E-state index contributed by atoms with van der Waals surface area (Å²) in [6, 6.07) is 1.96. The average Bonchev–Trinajstić information content (AvgIpc) is 2.32. The molecule has 0 aliphatic carbocycles. The smallest absolute Gasteiger partial charge is 0.0599 e. The van der Waals surface area contributed by atoms with E-state index in [9.17, 15) is 5.11 Å². The van der Waals surface area contributed by atoms with Crippen LogP contribution in [0.3, 0.4) is 0 Å². The fourth-order valence-electron chi connectivity index (χ4n) is 2.22. The third-order valence-corrected chi connectivity index (χ3v) is 3.31. The van der Waals surface area contributed by atoms with Crippen molar-refractivity contribution >= 4 is 5.69 Å². The molecule has 0 saturated carbocycles. The molecule has 1 aliphatic heterocycles. The Morgan fingerprint density at radius 2 is 2.44 bits per heavy atom. The van der Waals surface area contributed by atoms with Crippen molar-refractivity contribution in [2.75, 3.05) is 18.0 Å². The van der Waals surface area contributed by atoms with Gasteiger partial charge in [0.15, 0.2) is 0 Å². The monoisotopic (exact) mass is 221 g/mol. The van der Waals surface area contributed by atoms with Crippen LogP contribution in [0.5, 0.6) is 0 Å². The van der Waals surface area contributed by atoms with E-state index >= 15 is 0 Å². The zero-order chi connectivity index (χ0) is 11.5. The largest absolute Gasteiger partial charge is 0.393 e. The van der Waals surface area contributed by atoms with E-state index in [0.717, 1.165) is 30.8 Å². The standard InChI is InChI=1S/C12H19N3O/c1-9-8-15(5-3-12(9)16)11-7-14-4-2-10(11)6-13/h2,4,7,9,12,16H,3,5-6,8,13H2,1H3. The van der Waals surface area contributed by atoms with Crippen LogP contribution in [0.25, 0.3) is 0 Å². The van der Waals surface area contributed by atoms with Gasteiger partial charge in [0.2, 0.25) is 0 Å². The molecular formula is C12H19N3O. The summed E-state index contributed by atoms with van der Waals surface area (Å²) in [6.07, 6.45) is 4.29. The van der Waals surface area contributed by atoms with Gasteiger partial charge >= 0.3 is 0 Å². The Bertz CT molecular complexity index is 356. The van der Waals surface area contributed by atoms with Crippen molar-refractivity contribution in [3.8, 4) is 0 Å². The lowest BCUT2D eigenvalue weighted by Crippen LogP contribution is -2.42. The van der Waals surface area contributed by atoms with Crippen LogP contribution >= 0.6 is 0 Å². The van der Waals surface area contributed by atoms with Gasteiger partial charge in [-0.25, -0.2) is 0 Å². The van der Waals surface area contributed by atoms with Gasteiger partial charge in [0.25, 0.3) is 0 Å². The number of hydrogen-bond donors (Lipinski definition) is 2. The molecule has 4 heteroatoms. The molecule has 1 aliphatic rings. The minimum absolute atomic E-state index is 0.172. The third-order valence-electron chi connectivity index (χ3n) is 3.31. The maximum atomic E-state index is 9.70. The SMILES string of the molecule is CC1CN(c2cnccc2CN)CCC1O. The van der Waals surface area contributed by atoms with Gasteiger partial charge in [0, 0.05) is 25.8 Å².